The van der Waals surface area contributed by atoms with E-state index in [-0.39, 0.29) is 25.0 Å². The number of nitrogens with one attached hydrogen (secondary N) is 2. The lowest BCUT2D eigenvalue weighted by atomic mass is 9.98. The Morgan fingerprint density at radius 3 is 2.46 bits per heavy atom. The van der Waals surface area contributed by atoms with Gasteiger partial charge in [0.1, 0.15) is 13.1 Å². The van der Waals surface area contributed by atoms with Gasteiger partial charge in [-0.05, 0) is 23.6 Å². The molecule has 7 heteroatoms. The number of amides is 4. The van der Waals surface area contributed by atoms with Gasteiger partial charge in [-0.1, -0.05) is 60.1 Å². The summed E-state index contributed by atoms with van der Waals surface area (Å²) in [6.45, 7) is -0.282. The Morgan fingerprint density at radius 1 is 1.12 bits per heavy atom. The van der Waals surface area contributed by atoms with Crippen LogP contribution in [0, 0.1) is 0 Å². The number of carbonyl (C=O) groups excluding carboxylic acids is 3. The Kier molecular flexibility index (Phi) is 5.53. The van der Waals surface area contributed by atoms with Gasteiger partial charge < -0.3 is 10.2 Å². The number of nitrogens with zero attached hydrogens (tertiary/aromatic N) is 1. The Morgan fingerprint density at radius 2 is 1.81 bits per heavy atom. The van der Waals surface area contributed by atoms with Gasteiger partial charge in [-0.15, -0.1) is 0 Å². The molecule has 2 N–H and O–H groups in total. The topological polar surface area (TPSA) is 78.5 Å². The summed E-state index contributed by atoms with van der Waals surface area (Å²) in [5.41, 5.74) is 1.85. The lowest BCUT2D eigenvalue weighted by Crippen LogP contribution is -2.40. The van der Waals surface area contributed by atoms with E-state index in [1.807, 2.05) is 48.5 Å². The predicted molar refractivity (Wildman–Crippen MR) is 97.6 cm³/mol. The first-order chi connectivity index (χ1) is 12.5. The van der Waals surface area contributed by atoms with Crippen molar-refractivity contribution in [2.45, 2.75) is 12.5 Å². The molecule has 26 heavy (non-hydrogen) atoms. The van der Waals surface area contributed by atoms with Gasteiger partial charge in [0.05, 0.1) is 6.04 Å². The fourth-order valence-corrected chi connectivity index (χ4v) is 3.06. The number of rotatable bonds is 6. The molecule has 6 nitrogen and oxygen atoms in total. The zero-order valence-corrected chi connectivity index (χ0v) is 14.7. The van der Waals surface area contributed by atoms with Crippen molar-refractivity contribution in [3.8, 4) is 0 Å². The summed E-state index contributed by atoms with van der Waals surface area (Å²) in [7, 11) is 0. The van der Waals surface area contributed by atoms with Gasteiger partial charge >= 0.3 is 6.03 Å². The molecule has 0 bridgehead atoms. The molecule has 0 radical (unpaired) electrons. The molecule has 1 atom stereocenters. The van der Waals surface area contributed by atoms with Crippen molar-refractivity contribution < 1.29 is 14.4 Å². The van der Waals surface area contributed by atoms with E-state index in [9.17, 15) is 14.4 Å². The van der Waals surface area contributed by atoms with Gasteiger partial charge in [0.15, 0.2) is 0 Å². The fourth-order valence-electron chi connectivity index (χ4n) is 2.85. The van der Waals surface area contributed by atoms with Crippen LogP contribution in [0.4, 0.5) is 4.79 Å². The summed E-state index contributed by atoms with van der Waals surface area (Å²) in [5, 5.41) is 5.73. The molecule has 0 saturated carbocycles. The van der Waals surface area contributed by atoms with Crippen molar-refractivity contribution in [2.24, 2.45) is 0 Å². The number of benzene rings is 2. The van der Waals surface area contributed by atoms with Crippen molar-refractivity contribution in [1.82, 2.24) is 15.5 Å². The van der Waals surface area contributed by atoms with E-state index in [0.717, 1.165) is 11.1 Å². The zero-order chi connectivity index (χ0) is 18.5. The van der Waals surface area contributed by atoms with Crippen molar-refractivity contribution in [1.29, 1.82) is 0 Å². The van der Waals surface area contributed by atoms with E-state index >= 15 is 0 Å². The summed E-state index contributed by atoms with van der Waals surface area (Å²) in [4.78, 5) is 36.5. The Labute approximate surface area is 156 Å². The van der Waals surface area contributed by atoms with Crippen LogP contribution in [-0.2, 0) is 16.0 Å². The highest BCUT2D eigenvalue weighted by Gasteiger charge is 2.29. The van der Waals surface area contributed by atoms with Gasteiger partial charge in [0.25, 0.3) is 0 Å². The van der Waals surface area contributed by atoms with E-state index < -0.39 is 11.9 Å². The molecule has 1 unspecified atom stereocenters. The summed E-state index contributed by atoms with van der Waals surface area (Å²) in [6, 6.07) is 16.2. The van der Waals surface area contributed by atoms with Crippen molar-refractivity contribution in [3.05, 3.63) is 70.7 Å². The average Bonchev–Trinajstić information content (AvgIpc) is 2.94. The highest BCUT2D eigenvalue weighted by molar-refractivity contribution is 6.31. The molecule has 0 aliphatic carbocycles. The maximum Gasteiger partial charge on any atom is 0.325 e. The maximum atomic E-state index is 12.4. The van der Waals surface area contributed by atoms with Crippen LogP contribution in [0.2, 0.25) is 5.02 Å². The Bertz CT molecular complexity index is 826. The van der Waals surface area contributed by atoms with Crippen molar-refractivity contribution in [2.75, 3.05) is 13.1 Å². The third kappa shape index (κ3) is 4.40. The molecule has 1 aliphatic heterocycles. The Hall–Kier alpha value is -2.86. The average molecular weight is 372 g/mol. The molecule has 2 aromatic rings. The Balaban J connectivity index is 1.73. The maximum absolute atomic E-state index is 12.4. The van der Waals surface area contributed by atoms with E-state index in [4.69, 9.17) is 11.6 Å². The second kappa shape index (κ2) is 8.01. The lowest BCUT2D eigenvalue weighted by molar-refractivity contribution is -0.122. The summed E-state index contributed by atoms with van der Waals surface area (Å²) < 4.78 is 0. The van der Waals surface area contributed by atoms with Crippen molar-refractivity contribution in [3.63, 3.8) is 0 Å². The second-order valence-corrected chi connectivity index (χ2v) is 6.44. The number of hydrogen-bond donors (Lipinski definition) is 2. The van der Waals surface area contributed by atoms with Gasteiger partial charge in [0.2, 0.25) is 11.8 Å². The van der Waals surface area contributed by atoms with Crippen LogP contribution < -0.4 is 10.6 Å². The van der Waals surface area contributed by atoms with Crippen molar-refractivity contribution >= 4 is 29.4 Å². The molecule has 134 valence electrons. The first-order valence-electron chi connectivity index (χ1n) is 8.19. The molecule has 3 rings (SSSR count). The molecule has 0 spiro atoms. The predicted octanol–water partition coefficient (Wildman–Crippen LogP) is 2.29. The molecule has 4 amide bonds. The van der Waals surface area contributed by atoms with E-state index in [1.54, 1.807) is 6.07 Å². The normalized spacial score (nSPS) is 14.9. The van der Waals surface area contributed by atoms with Crippen LogP contribution in [0.25, 0.3) is 0 Å². The summed E-state index contributed by atoms with van der Waals surface area (Å²) >= 11 is 6.25. The van der Waals surface area contributed by atoms with E-state index in [2.05, 4.69) is 10.6 Å². The summed E-state index contributed by atoms with van der Waals surface area (Å²) in [6.07, 6.45) is 0.514. The molecule has 0 aromatic heterocycles. The minimum absolute atomic E-state index is 0.104. The smallest absolute Gasteiger partial charge is 0.325 e. The minimum Gasteiger partial charge on any atom is -0.347 e. The highest BCUT2D eigenvalue weighted by atomic mass is 35.5. The zero-order valence-electron chi connectivity index (χ0n) is 13.9. The molecule has 1 saturated heterocycles. The van der Waals surface area contributed by atoms with E-state index in [1.165, 1.54) is 4.90 Å². The molecule has 1 aliphatic rings. The monoisotopic (exact) mass is 371 g/mol. The molecule has 1 heterocycles. The van der Waals surface area contributed by atoms with Gasteiger partial charge in [-0.2, -0.15) is 0 Å². The van der Waals surface area contributed by atoms with Crippen LogP contribution in [-0.4, -0.2) is 35.8 Å². The van der Waals surface area contributed by atoms with Gasteiger partial charge in [0, 0.05) is 5.02 Å². The SMILES string of the molecule is O=C1CN(CC(=O)NC(Cc2ccccc2Cl)c2ccccc2)C(=O)N1. The number of carbonyl (C=O) groups is 3. The first-order valence-corrected chi connectivity index (χ1v) is 8.57. The van der Waals surface area contributed by atoms with Crippen LogP contribution in [0.1, 0.15) is 17.2 Å². The van der Waals surface area contributed by atoms with Crippen LogP contribution in [0.5, 0.6) is 0 Å². The van der Waals surface area contributed by atoms with Crippen LogP contribution >= 0.6 is 11.6 Å². The number of urea groups is 1. The number of imide groups is 1. The molecule has 2 aromatic carbocycles. The van der Waals surface area contributed by atoms with Crippen LogP contribution in [0.3, 0.4) is 0 Å². The first kappa shape index (κ1) is 17.9. The largest absolute Gasteiger partial charge is 0.347 e. The summed E-state index contributed by atoms with van der Waals surface area (Å²) in [5.74, 6) is -0.741. The third-order valence-electron chi connectivity index (χ3n) is 4.12. The van der Waals surface area contributed by atoms with E-state index in [0.29, 0.717) is 11.4 Å². The molecular weight excluding hydrogens is 354 g/mol. The van der Waals surface area contributed by atoms with Gasteiger partial charge in [-0.3, -0.25) is 14.9 Å². The van der Waals surface area contributed by atoms with Crippen LogP contribution in [0.15, 0.2) is 54.6 Å². The minimum atomic E-state index is -0.549. The molecular formula is C19H18ClN3O3. The fraction of sp³-hybridized carbons (Fsp3) is 0.211. The third-order valence-corrected chi connectivity index (χ3v) is 4.49. The second-order valence-electron chi connectivity index (χ2n) is 6.04. The van der Waals surface area contributed by atoms with Gasteiger partial charge in [-0.25, -0.2) is 4.79 Å². The number of halogens is 1. The molecule has 1 fully saturated rings. The number of hydrogen-bond acceptors (Lipinski definition) is 3. The highest BCUT2D eigenvalue weighted by Crippen LogP contribution is 2.23. The quantitative estimate of drug-likeness (QED) is 0.765. The lowest BCUT2D eigenvalue weighted by Gasteiger charge is -2.21. The standard InChI is InChI=1S/C19H18ClN3O3/c20-15-9-5-4-8-14(15)10-16(13-6-2-1-3-7-13)21-17(24)11-23-12-18(25)22-19(23)26/h1-9,16H,10-12H2,(H,21,24)(H,22,25,26).